The molecule has 4 aliphatic carbocycles. The van der Waals surface area contributed by atoms with E-state index in [1.165, 1.54) is 37.7 Å². The van der Waals surface area contributed by atoms with Crippen molar-refractivity contribution in [3.05, 3.63) is 23.8 Å². The number of nitrogens with two attached hydrogens (primary N) is 1. The monoisotopic (exact) mass is 270 g/mol. The molecule has 1 aromatic rings. The molecule has 2 N–H and O–H groups in total. The average molecular weight is 270 g/mol. The Balaban J connectivity index is 1.66. The maximum Gasteiger partial charge on any atom is 0.0594 e. The molecule has 20 heavy (non-hydrogen) atoms. The first kappa shape index (κ1) is 12.6. The standard InChI is InChI=1S/C18H26N2/c1-20(2)17-4-3-13(10-16(17)19)18-14-6-11-5-12(8-14)9-15(18)7-11/h3-4,10-12,14-15,18H,5-9,19H2,1-2H3. The lowest BCUT2D eigenvalue weighted by Crippen LogP contribution is -2.43. The average Bonchev–Trinajstić information content (AvgIpc) is 2.37. The molecule has 0 saturated heterocycles. The second-order valence-corrected chi connectivity index (χ2v) is 7.67. The third kappa shape index (κ3) is 1.84. The van der Waals surface area contributed by atoms with E-state index < -0.39 is 0 Å². The Hall–Kier alpha value is -1.18. The summed E-state index contributed by atoms with van der Waals surface area (Å²) in [5, 5.41) is 0. The maximum atomic E-state index is 6.27. The molecule has 0 aliphatic heterocycles. The third-order valence-corrected chi connectivity index (χ3v) is 6.15. The molecule has 0 radical (unpaired) electrons. The maximum absolute atomic E-state index is 6.27. The number of nitrogens with zero attached hydrogens (tertiary/aromatic N) is 1. The first-order valence-electron chi connectivity index (χ1n) is 8.18. The Kier molecular flexibility index (Phi) is 2.77. The molecule has 1 aromatic carbocycles. The van der Waals surface area contributed by atoms with Crippen LogP contribution in [0.4, 0.5) is 11.4 Å². The van der Waals surface area contributed by atoms with Crippen LogP contribution in [0.1, 0.15) is 43.6 Å². The zero-order valence-electron chi connectivity index (χ0n) is 12.7. The normalized spacial score (nSPS) is 38.2. The van der Waals surface area contributed by atoms with E-state index in [0.717, 1.165) is 41.0 Å². The van der Waals surface area contributed by atoms with Crippen molar-refractivity contribution in [2.24, 2.45) is 23.7 Å². The van der Waals surface area contributed by atoms with Gasteiger partial charge in [-0.2, -0.15) is 0 Å². The second-order valence-electron chi connectivity index (χ2n) is 7.67. The van der Waals surface area contributed by atoms with Gasteiger partial charge in [0.25, 0.3) is 0 Å². The van der Waals surface area contributed by atoms with E-state index in [0.29, 0.717) is 0 Å². The van der Waals surface area contributed by atoms with Gasteiger partial charge >= 0.3 is 0 Å². The minimum absolute atomic E-state index is 0.793. The molecule has 4 fully saturated rings. The topological polar surface area (TPSA) is 29.3 Å². The summed E-state index contributed by atoms with van der Waals surface area (Å²) in [6.07, 6.45) is 7.45. The van der Waals surface area contributed by atoms with Gasteiger partial charge in [-0.05, 0) is 79.4 Å². The Morgan fingerprint density at radius 1 is 0.950 bits per heavy atom. The fourth-order valence-corrected chi connectivity index (χ4v) is 5.66. The molecule has 4 saturated carbocycles. The summed E-state index contributed by atoms with van der Waals surface area (Å²) < 4.78 is 0. The number of nitrogen functional groups attached to an aromatic ring is 1. The van der Waals surface area contributed by atoms with Gasteiger partial charge in [0.15, 0.2) is 0 Å². The summed E-state index contributed by atoms with van der Waals surface area (Å²) in [6, 6.07) is 6.83. The third-order valence-electron chi connectivity index (χ3n) is 6.15. The van der Waals surface area contributed by atoms with Gasteiger partial charge in [-0.25, -0.2) is 0 Å². The molecule has 0 spiro atoms. The number of hydrogen-bond donors (Lipinski definition) is 1. The lowest BCUT2D eigenvalue weighted by atomic mass is 9.51. The molecular weight excluding hydrogens is 244 g/mol. The van der Waals surface area contributed by atoms with Crippen molar-refractivity contribution in [2.45, 2.75) is 38.0 Å². The number of benzene rings is 1. The lowest BCUT2D eigenvalue weighted by molar-refractivity contribution is -0.00275. The first-order valence-corrected chi connectivity index (χ1v) is 8.18. The van der Waals surface area contributed by atoms with Crippen LogP contribution in [0.3, 0.4) is 0 Å². The second kappa shape index (κ2) is 4.41. The summed E-state index contributed by atoms with van der Waals surface area (Å²) in [5.41, 5.74) is 9.89. The summed E-state index contributed by atoms with van der Waals surface area (Å²) >= 11 is 0. The Bertz CT molecular complexity index is 492. The molecule has 2 heteroatoms. The van der Waals surface area contributed by atoms with Gasteiger partial charge in [0, 0.05) is 14.1 Å². The quantitative estimate of drug-likeness (QED) is 0.826. The number of anilines is 2. The fourth-order valence-electron chi connectivity index (χ4n) is 5.66. The Labute approximate surface area is 122 Å². The number of rotatable bonds is 2. The number of hydrogen-bond acceptors (Lipinski definition) is 2. The van der Waals surface area contributed by atoms with Crippen LogP contribution >= 0.6 is 0 Å². The predicted octanol–water partition coefficient (Wildman–Crippen LogP) is 3.87. The van der Waals surface area contributed by atoms with Crippen molar-refractivity contribution in [1.82, 2.24) is 0 Å². The molecule has 0 aromatic heterocycles. The summed E-state index contributed by atoms with van der Waals surface area (Å²) in [4.78, 5) is 2.11. The van der Waals surface area contributed by atoms with Crippen LogP contribution in [0.15, 0.2) is 18.2 Å². The fraction of sp³-hybridized carbons (Fsp3) is 0.667. The predicted molar refractivity (Wildman–Crippen MR) is 85.0 cm³/mol. The highest BCUT2D eigenvalue weighted by atomic mass is 15.1. The van der Waals surface area contributed by atoms with Gasteiger partial charge in [0.2, 0.25) is 0 Å². The zero-order chi connectivity index (χ0) is 13.9. The molecule has 4 bridgehead atoms. The SMILES string of the molecule is CN(C)c1ccc(C2C3CC4CC(C3)CC2C4)cc1N. The van der Waals surface area contributed by atoms with Crippen molar-refractivity contribution in [2.75, 3.05) is 24.7 Å². The summed E-state index contributed by atoms with van der Waals surface area (Å²) in [7, 11) is 4.13. The van der Waals surface area contributed by atoms with Crippen molar-refractivity contribution in [3.8, 4) is 0 Å². The van der Waals surface area contributed by atoms with Gasteiger partial charge in [-0.3, -0.25) is 0 Å². The molecule has 0 unspecified atom stereocenters. The molecule has 108 valence electrons. The van der Waals surface area contributed by atoms with Crippen LogP contribution in [0, 0.1) is 23.7 Å². The van der Waals surface area contributed by atoms with Crippen LogP contribution in [0.25, 0.3) is 0 Å². The minimum atomic E-state index is 0.793. The van der Waals surface area contributed by atoms with Gasteiger partial charge < -0.3 is 10.6 Å². The van der Waals surface area contributed by atoms with E-state index in [9.17, 15) is 0 Å². The highest BCUT2D eigenvalue weighted by Crippen LogP contribution is 2.59. The van der Waals surface area contributed by atoms with Crippen LogP contribution in [0.2, 0.25) is 0 Å². The highest BCUT2D eigenvalue weighted by Gasteiger charge is 2.48. The van der Waals surface area contributed by atoms with Crippen molar-refractivity contribution < 1.29 is 0 Å². The molecule has 4 aliphatic rings. The van der Waals surface area contributed by atoms with E-state index in [4.69, 9.17) is 5.73 Å². The molecule has 0 amide bonds. The molecule has 5 rings (SSSR count). The van der Waals surface area contributed by atoms with E-state index in [-0.39, 0.29) is 0 Å². The Morgan fingerprint density at radius 2 is 1.55 bits per heavy atom. The smallest absolute Gasteiger partial charge is 0.0594 e. The van der Waals surface area contributed by atoms with Crippen molar-refractivity contribution in [1.29, 1.82) is 0 Å². The lowest BCUT2D eigenvalue weighted by Gasteiger charge is -2.54. The van der Waals surface area contributed by atoms with Crippen LogP contribution in [-0.4, -0.2) is 14.1 Å². The van der Waals surface area contributed by atoms with Crippen molar-refractivity contribution >= 4 is 11.4 Å². The highest BCUT2D eigenvalue weighted by molar-refractivity contribution is 5.68. The van der Waals surface area contributed by atoms with E-state index in [1.807, 2.05) is 0 Å². The molecule has 0 heterocycles. The minimum Gasteiger partial charge on any atom is -0.397 e. The largest absolute Gasteiger partial charge is 0.397 e. The van der Waals surface area contributed by atoms with Crippen LogP contribution in [0.5, 0.6) is 0 Å². The zero-order valence-corrected chi connectivity index (χ0v) is 12.7. The Morgan fingerprint density at radius 3 is 2.05 bits per heavy atom. The van der Waals surface area contributed by atoms with E-state index >= 15 is 0 Å². The molecular formula is C18H26N2. The first-order chi connectivity index (χ1) is 9.61. The molecule has 0 atom stereocenters. The van der Waals surface area contributed by atoms with Crippen LogP contribution in [-0.2, 0) is 0 Å². The van der Waals surface area contributed by atoms with E-state index in [1.54, 1.807) is 0 Å². The van der Waals surface area contributed by atoms with Gasteiger partial charge in [0.05, 0.1) is 11.4 Å². The molecule has 2 nitrogen and oxygen atoms in total. The van der Waals surface area contributed by atoms with E-state index in [2.05, 4.69) is 37.2 Å². The summed E-state index contributed by atoms with van der Waals surface area (Å²) in [5.74, 6) is 4.77. The van der Waals surface area contributed by atoms with Crippen molar-refractivity contribution in [3.63, 3.8) is 0 Å². The summed E-state index contributed by atoms with van der Waals surface area (Å²) in [6.45, 7) is 0. The van der Waals surface area contributed by atoms with Gasteiger partial charge in [-0.15, -0.1) is 0 Å². The van der Waals surface area contributed by atoms with Gasteiger partial charge in [0.1, 0.15) is 0 Å². The van der Waals surface area contributed by atoms with Crippen LogP contribution < -0.4 is 10.6 Å². The van der Waals surface area contributed by atoms with Gasteiger partial charge in [-0.1, -0.05) is 6.07 Å².